The van der Waals surface area contributed by atoms with E-state index in [1.54, 1.807) is 6.26 Å². The zero-order valence-corrected chi connectivity index (χ0v) is 18.4. The van der Waals surface area contributed by atoms with Crippen molar-refractivity contribution in [3.05, 3.63) is 41.9 Å². The van der Waals surface area contributed by atoms with Gasteiger partial charge < -0.3 is 23.4 Å². The van der Waals surface area contributed by atoms with Crippen molar-refractivity contribution in [3.8, 4) is 22.9 Å². The predicted octanol–water partition coefficient (Wildman–Crippen LogP) is 3.61. The van der Waals surface area contributed by atoms with Crippen molar-refractivity contribution >= 4 is 17.7 Å². The summed E-state index contributed by atoms with van der Waals surface area (Å²) in [7, 11) is 1.91. The number of carbonyl (C=O) groups is 1. The molecule has 1 saturated heterocycles. The number of benzene rings is 1. The minimum absolute atomic E-state index is 0.0626. The summed E-state index contributed by atoms with van der Waals surface area (Å²) in [5, 5.41) is 9.26. The Morgan fingerprint density at radius 2 is 2.03 bits per heavy atom. The minimum atomic E-state index is 0.0626. The van der Waals surface area contributed by atoms with E-state index in [1.165, 1.54) is 11.8 Å². The van der Waals surface area contributed by atoms with Crippen LogP contribution >= 0.6 is 11.8 Å². The van der Waals surface area contributed by atoms with Crippen LogP contribution in [0.25, 0.3) is 11.4 Å². The third-order valence-electron chi connectivity index (χ3n) is 5.78. The molecule has 0 spiro atoms. The van der Waals surface area contributed by atoms with E-state index in [2.05, 4.69) is 10.2 Å². The molecule has 0 saturated carbocycles. The van der Waals surface area contributed by atoms with Crippen LogP contribution in [0.2, 0.25) is 0 Å². The molecule has 1 unspecified atom stereocenters. The topological polar surface area (TPSA) is 82.6 Å². The van der Waals surface area contributed by atoms with Gasteiger partial charge in [0.2, 0.25) is 5.91 Å². The Kier molecular flexibility index (Phi) is 5.35. The van der Waals surface area contributed by atoms with Crippen molar-refractivity contribution in [2.75, 3.05) is 25.5 Å². The zero-order chi connectivity index (χ0) is 21.4. The molecule has 1 amide bonds. The molecule has 31 heavy (non-hydrogen) atoms. The van der Waals surface area contributed by atoms with Gasteiger partial charge in [-0.3, -0.25) is 4.79 Å². The Labute approximate surface area is 184 Å². The molecular weight excluding hydrogens is 416 g/mol. The molecule has 0 radical (unpaired) electrons. The number of amides is 1. The van der Waals surface area contributed by atoms with Gasteiger partial charge in [-0.05, 0) is 43.5 Å². The molecule has 2 aliphatic rings. The number of rotatable bonds is 5. The summed E-state index contributed by atoms with van der Waals surface area (Å²) in [6.45, 7) is 3.78. The Morgan fingerprint density at radius 3 is 2.84 bits per heavy atom. The molecule has 4 heterocycles. The Balaban J connectivity index is 1.27. The van der Waals surface area contributed by atoms with Crippen LogP contribution in [0.1, 0.15) is 30.2 Å². The van der Waals surface area contributed by atoms with Gasteiger partial charge in [0.1, 0.15) is 19.0 Å². The fourth-order valence-electron chi connectivity index (χ4n) is 4.18. The molecule has 8 nitrogen and oxygen atoms in total. The van der Waals surface area contributed by atoms with Crippen molar-refractivity contribution in [2.45, 2.75) is 31.0 Å². The van der Waals surface area contributed by atoms with Crippen LogP contribution in [-0.2, 0) is 11.8 Å². The van der Waals surface area contributed by atoms with Gasteiger partial charge in [-0.15, -0.1) is 10.2 Å². The van der Waals surface area contributed by atoms with E-state index < -0.39 is 0 Å². The summed E-state index contributed by atoms with van der Waals surface area (Å²) in [5.74, 6) is 3.48. The van der Waals surface area contributed by atoms with E-state index in [4.69, 9.17) is 13.9 Å². The van der Waals surface area contributed by atoms with Crippen molar-refractivity contribution in [2.24, 2.45) is 7.05 Å². The molecule has 0 bridgehead atoms. The van der Waals surface area contributed by atoms with Crippen LogP contribution in [0, 0.1) is 6.92 Å². The molecular formula is C22H24N4O4S. The standard InChI is InChI=1S/C22H24N4O4S/c1-14-16(7-9-28-14)21-23-24-22(25(21)2)31-13-20(27)26-8-3-4-17(26)15-5-6-18-19(12-15)30-11-10-29-18/h5-7,9,12,17H,3-4,8,10-11,13H2,1-2H3. The molecule has 5 rings (SSSR count). The fourth-order valence-corrected chi connectivity index (χ4v) is 4.98. The van der Waals surface area contributed by atoms with E-state index in [0.717, 1.165) is 53.6 Å². The maximum Gasteiger partial charge on any atom is 0.233 e. The van der Waals surface area contributed by atoms with E-state index in [9.17, 15) is 4.79 Å². The van der Waals surface area contributed by atoms with E-state index in [-0.39, 0.29) is 11.9 Å². The first kappa shape index (κ1) is 20.0. The molecule has 0 aliphatic carbocycles. The maximum absolute atomic E-state index is 13.1. The number of ether oxygens (including phenoxy) is 2. The number of fused-ring (bicyclic) bond motifs is 1. The zero-order valence-electron chi connectivity index (χ0n) is 17.5. The Morgan fingerprint density at radius 1 is 1.19 bits per heavy atom. The van der Waals surface area contributed by atoms with Crippen LogP contribution in [0.4, 0.5) is 0 Å². The molecule has 3 aromatic rings. The van der Waals surface area contributed by atoms with Gasteiger partial charge in [0.15, 0.2) is 22.5 Å². The van der Waals surface area contributed by atoms with Crippen molar-refractivity contribution in [1.82, 2.24) is 19.7 Å². The summed E-state index contributed by atoms with van der Waals surface area (Å²) in [6.07, 6.45) is 3.58. The number of aryl methyl sites for hydroxylation is 1. The minimum Gasteiger partial charge on any atom is -0.486 e. The van der Waals surface area contributed by atoms with Crippen molar-refractivity contribution < 1.29 is 18.7 Å². The van der Waals surface area contributed by atoms with Gasteiger partial charge in [-0.25, -0.2) is 0 Å². The molecule has 1 fully saturated rings. The smallest absolute Gasteiger partial charge is 0.233 e. The first-order valence-electron chi connectivity index (χ1n) is 10.4. The number of hydrogen-bond donors (Lipinski definition) is 0. The third-order valence-corrected chi connectivity index (χ3v) is 6.79. The van der Waals surface area contributed by atoms with Gasteiger partial charge in [-0.2, -0.15) is 0 Å². The highest BCUT2D eigenvalue weighted by atomic mass is 32.2. The first-order chi connectivity index (χ1) is 15.1. The molecule has 0 N–H and O–H groups in total. The number of carbonyl (C=O) groups excluding carboxylic acids is 1. The van der Waals surface area contributed by atoms with Gasteiger partial charge in [0, 0.05) is 13.6 Å². The molecule has 2 aliphatic heterocycles. The average Bonchev–Trinajstić information content (AvgIpc) is 3.52. The molecule has 162 valence electrons. The highest BCUT2D eigenvalue weighted by Crippen LogP contribution is 2.38. The third kappa shape index (κ3) is 3.78. The van der Waals surface area contributed by atoms with Crippen LogP contribution in [0.15, 0.2) is 40.1 Å². The van der Waals surface area contributed by atoms with Gasteiger partial charge in [0.05, 0.1) is 23.6 Å². The number of likely N-dealkylation sites (tertiary alicyclic amines) is 1. The van der Waals surface area contributed by atoms with Gasteiger partial charge in [-0.1, -0.05) is 17.8 Å². The second kappa shape index (κ2) is 8.30. The van der Waals surface area contributed by atoms with E-state index >= 15 is 0 Å². The number of nitrogens with zero attached hydrogens (tertiary/aromatic N) is 4. The fraction of sp³-hybridized carbons (Fsp3) is 0.409. The Bertz CT molecular complexity index is 1110. The Hall–Kier alpha value is -2.94. The van der Waals surface area contributed by atoms with Crippen LogP contribution in [0.3, 0.4) is 0 Å². The summed E-state index contributed by atoms with van der Waals surface area (Å²) >= 11 is 1.41. The maximum atomic E-state index is 13.1. The van der Waals surface area contributed by atoms with Crippen LogP contribution in [0.5, 0.6) is 11.5 Å². The van der Waals surface area contributed by atoms with Crippen LogP contribution < -0.4 is 9.47 Å². The quantitative estimate of drug-likeness (QED) is 0.561. The highest BCUT2D eigenvalue weighted by molar-refractivity contribution is 7.99. The lowest BCUT2D eigenvalue weighted by Crippen LogP contribution is -2.32. The number of thioether (sulfide) groups is 1. The lowest BCUT2D eigenvalue weighted by Gasteiger charge is -2.26. The second-order valence-corrected chi connectivity index (χ2v) is 8.64. The highest BCUT2D eigenvalue weighted by Gasteiger charge is 2.31. The summed E-state index contributed by atoms with van der Waals surface area (Å²) < 4.78 is 18.6. The lowest BCUT2D eigenvalue weighted by molar-refractivity contribution is -0.129. The second-order valence-electron chi connectivity index (χ2n) is 7.69. The average molecular weight is 441 g/mol. The van der Waals surface area contributed by atoms with Gasteiger partial charge >= 0.3 is 0 Å². The van der Waals surface area contributed by atoms with Crippen LogP contribution in [-0.4, -0.2) is 51.1 Å². The van der Waals surface area contributed by atoms with E-state index in [0.29, 0.717) is 24.1 Å². The first-order valence-corrected chi connectivity index (χ1v) is 11.4. The summed E-state index contributed by atoms with van der Waals surface area (Å²) in [5.41, 5.74) is 2.00. The monoisotopic (exact) mass is 440 g/mol. The van der Waals surface area contributed by atoms with Crippen molar-refractivity contribution in [3.63, 3.8) is 0 Å². The number of furan rings is 1. The largest absolute Gasteiger partial charge is 0.486 e. The molecule has 2 aromatic heterocycles. The SMILES string of the molecule is Cc1occc1-c1nnc(SCC(=O)N2CCCC2c2ccc3c(c2)OCCO3)n1C. The molecule has 1 aromatic carbocycles. The summed E-state index contributed by atoms with van der Waals surface area (Å²) in [6, 6.07) is 7.94. The number of aromatic nitrogens is 3. The van der Waals surface area contributed by atoms with Crippen molar-refractivity contribution in [1.29, 1.82) is 0 Å². The summed E-state index contributed by atoms with van der Waals surface area (Å²) in [4.78, 5) is 15.0. The molecule has 9 heteroatoms. The lowest BCUT2D eigenvalue weighted by atomic mass is 10.0. The number of hydrogen-bond acceptors (Lipinski definition) is 7. The van der Waals surface area contributed by atoms with E-state index in [1.807, 2.05) is 47.7 Å². The molecule has 1 atom stereocenters. The van der Waals surface area contributed by atoms with Gasteiger partial charge in [0.25, 0.3) is 0 Å². The normalized spacial score (nSPS) is 17.9. The predicted molar refractivity (Wildman–Crippen MR) is 115 cm³/mol.